The fourth-order valence-corrected chi connectivity index (χ4v) is 2.67. The molecular weight excluding hydrogens is 356 g/mol. The summed E-state index contributed by atoms with van der Waals surface area (Å²) in [5.41, 5.74) is 3.35. The van der Waals surface area contributed by atoms with Crippen molar-refractivity contribution in [1.82, 2.24) is 9.97 Å². The molecule has 0 spiro atoms. The molecule has 0 radical (unpaired) electrons. The molecule has 0 aliphatic heterocycles. The Balaban J connectivity index is 1.87. The number of benzene rings is 2. The third kappa shape index (κ3) is 4.37. The molecule has 0 saturated heterocycles. The van der Waals surface area contributed by atoms with Crippen LogP contribution in [0, 0.1) is 13.8 Å². The van der Waals surface area contributed by atoms with Crippen molar-refractivity contribution in [3.8, 4) is 11.5 Å². The molecule has 0 unspecified atom stereocenters. The number of carbonyl (C=O) groups excluding carboxylic acids is 1. The number of hydrogen-bond donors (Lipinski definition) is 2. The van der Waals surface area contributed by atoms with Crippen molar-refractivity contribution >= 4 is 23.2 Å². The van der Waals surface area contributed by atoms with Gasteiger partial charge in [-0.05, 0) is 43.7 Å². The van der Waals surface area contributed by atoms with E-state index in [2.05, 4.69) is 20.6 Å². The van der Waals surface area contributed by atoms with E-state index in [9.17, 15) is 4.79 Å². The number of anilines is 3. The van der Waals surface area contributed by atoms with Gasteiger partial charge in [0.15, 0.2) is 0 Å². The summed E-state index contributed by atoms with van der Waals surface area (Å²) in [5, 5.41) is 5.99. The number of nitrogens with one attached hydrogen (secondary N) is 2. The van der Waals surface area contributed by atoms with Gasteiger partial charge in [-0.2, -0.15) is 0 Å². The molecule has 0 aliphatic carbocycles. The van der Waals surface area contributed by atoms with Gasteiger partial charge in [-0.1, -0.05) is 18.2 Å². The highest BCUT2D eigenvalue weighted by Gasteiger charge is 2.14. The molecule has 0 fully saturated rings. The number of ether oxygens (including phenoxy) is 2. The number of aromatic nitrogens is 2. The third-order valence-electron chi connectivity index (χ3n) is 4.13. The monoisotopic (exact) mass is 378 g/mol. The van der Waals surface area contributed by atoms with Crippen LogP contribution in [0.25, 0.3) is 0 Å². The summed E-state index contributed by atoms with van der Waals surface area (Å²) >= 11 is 0. The Labute approximate surface area is 163 Å². The summed E-state index contributed by atoms with van der Waals surface area (Å²) in [6.07, 6.45) is 0. The van der Waals surface area contributed by atoms with Gasteiger partial charge in [0.2, 0.25) is 5.95 Å². The average molecular weight is 378 g/mol. The number of para-hydroxylation sites is 1. The first-order valence-electron chi connectivity index (χ1n) is 8.72. The second-order valence-corrected chi connectivity index (χ2v) is 6.18. The highest BCUT2D eigenvalue weighted by molar-refractivity contribution is 6.04. The van der Waals surface area contributed by atoms with E-state index in [0.29, 0.717) is 28.8 Å². The van der Waals surface area contributed by atoms with Gasteiger partial charge in [0, 0.05) is 17.4 Å². The van der Waals surface area contributed by atoms with E-state index in [1.165, 1.54) is 7.11 Å². The van der Waals surface area contributed by atoms with Crippen LogP contribution in [0.5, 0.6) is 11.5 Å². The molecule has 0 atom stereocenters. The van der Waals surface area contributed by atoms with E-state index >= 15 is 0 Å². The van der Waals surface area contributed by atoms with Crippen molar-refractivity contribution in [3.63, 3.8) is 0 Å². The minimum absolute atomic E-state index is 0.244. The first-order valence-corrected chi connectivity index (χ1v) is 8.72. The Bertz CT molecular complexity index is 1000. The maximum Gasteiger partial charge on any atom is 0.274 e. The van der Waals surface area contributed by atoms with Gasteiger partial charge in [-0.3, -0.25) is 4.79 Å². The molecule has 1 heterocycles. The number of nitrogens with zero attached hydrogens (tertiary/aromatic N) is 2. The summed E-state index contributed by atoms with van der Waals surface area (Å²) in [6, 6.07) is 14.6. The van der Waals surface area contributed by atoms with Crippen molar-refractivity contribution in [2.24, 2.45) is 0 Å². The number of hydrogen-bond acceptors (Lipinski definition) is 6. The van der Waals surface area contributed by atoms with Gasteiger partial charge < -0.3 is 20.1 Å². The largest absolute Gasteiger partial charge is 0.497 e. The van der Waals surface area contributed by atoms with Crippen LogP contribution in [-0.4, -0.2) is 30.1 Å². The van der Waals surface area contributed by atoms with Gasteiger partial charge in [0.1, 0.15) is 17.2 Å². The van der Waals surface area contributed by atoms with Gasteiger partial charge in [0.05, 0.1) is 19.9 Å². The molecule has 2 N–H and O–H groups in total. The van der Waals surface area contributed by atoms with Crippen LogP contribution in [0.3, 0.4) is 0 Å². The molecule has 0 bridgehead atoms. The summed E-state index contributed by atoms with van der Waals surface area (Å²) in [6.45, 7) is 3.80. The lowest BCUT2D eigenvalue weighted by Crippen LogP contribution is -2.16. The fraction of sp³-hybridized carbons (Fsp3) is 0.190. The molecule has 0 saturated carbocycles. The summed E-state index contributed by atoms with van der Waals surface area (Å²) in [4.78, 5) is 21.5. The van der Waals surface area contributed by atoms with Crippen molar-refractivity contribution in [2.45, 2.75) is 13.8 Å². The highest BCUT2D eigenvalue weighted by atomic mass is 16.5. The number of methoxy groups -OCH3 is 2. The number of carbonyl (C=O) groups is 1. The molecule has 144 valence electrons. The van der Waals surface area contributed by atoms with E-state index < -0.39 is 0 Å². The Morgan fingerprint density at radius 2 is 1.71 bits per heavy atom. The minimum Gasteiger partial charge on any atom is -0.497 e. The highest BCUT2D eigenvalue weighted by Crippen LogP contribution is 2.29. The second-order valence-electron chi connectivity index (χ2n) is 6.18. The van der Waals surface area contributed by atoms with Crippen LogP contribution in [0.15, 0.2) is 48.5 Å². The van der Waals surface area contributed by atoms with E-state index in [1.54, 1.807) is 31.4 Å². The van der Waals surface area contributed by atoms with Crippen LogP contribution in [0.2, 0.25) is 0 Å². The molecule has 7 heteroatoms. The maximum atomic E-state index is 12.8. The van der Waals surface area contributed by atoms with Crippen molar-refractivity contribution in [3.05, 3.63) is 65.5 Å². The van der Waals surface area contributed by atoms with Gasteiger partial charge >= 0.3 is 0 Å². The third-order valence-corrected chi connectivity index (χ3v) is 4.13. The van der Waals surface area contributed by atoms with Gasteiger partial charge in [-0.25, -0.2) is 9.97 Å². The Hall–Kier alpha value is -3.61. The SMILES string of the molecule is COc1ccc(OC)c(NC(=O)c2cc(C)nc(Nc3ccccc3C)n2)c1. The van der Waals surface area contributed by atoms with Crippen molar-refractivity contribution < 1.29 is 14.3 Å². The van der Waals surface area contributed by atoms with Crippen LogP contribution in [0.4, 0.5) is 17.3 Å². The molecule has 3 rings (SSSR count). The van der Waals surface area contributed by atoms with E-state index in [0.717, 1.165) is 11.3 Å². The van der Waals surface area contributed by atoms with Crippen molar-refractivity contribution in [2.75, 3.05) is 24.9 Å². The molecule has 7 nitrogen and oxygen atoms in total. The van der Waals surface area contributed by atoms with E-state index in [1.807, 2.05) is 38.1 Å². The zero-order valence-electron chi connectivity index (χ0n) is 16.2. The smallest absolute Gasteiger partial charge is 0.274 e. The molecule has 1 aromatic heterocycles. The van der Waals surface area contributed by atoms with Gasteiger partial charge in [-0.15, -0.1) is 0 Å². The molecule has 1 amide bonds. The van der Waals surface area contributed by atoms with Crippen LogP contribution in [-0.2, 0) is 0 Å². The minimum atomic E-state index is -0.370. The lowest BCUT2D eigenvalue weighted by atomic mass is 10.2. The molecule has 28 heavy (non-hydrogen) atoms. The Kier molecular flexibility index (Phi) is 5.74. The maximum absolute atomic E-state index is 12.8. The predicted molar refractivity (Wildman–Crippen MR) is 109 cm³/mol. The standard InChI is InChI=1S/C21H22N4O3/c1-13-7-5-6-8-16(13)24-21-22-14(2)11-18(25-21)20(26)23-17-12-15(27-3)9-10-19(17)28-4/h5-12H,1-4H3,(H,23,26)(H,22,24,25). The molecular formula is C21H22N4O3. The van der Waals surface area contributed by atoms with E-state index in [-0.39, 0.29) is 11.6 Å². The summed E-state index contributed by atoms with van der Waals surface area (Å²) in [7, 11) is 3.10. The van der Waals surface area contributed by atoms with Crippen LogP contribution in [0.1, 0.15) is 21.7 Å². The van der Waals surface area contributed by atoms with Gasteiger partial charge in [0.25, 0.3) is 5.91 Å². The lowest BCUT2D eigenvalue weighted by molar-refractivity contribution is 0.102. The molecule has 2 aromatic carbocycles. The fourth-order valence-electron chi connectivity index (χ4n) is 2.67. The first kappa shape index (κ1) is 19.2. The number of aryl methyl sites for hydroxylation is 2. The molecule has 3 aromatic rings. The Morgan fingerprint density at radius 3 is 2.43 bits per heavy atom. The number of rotatable bonds is 6. The molecule has 0 aliphatic rings. The zero-order valence-corrected chi connectivity index (χ0v) is 16.2. The summed E-state index contributed by atoms with van der Waals surface area (Å²) < 4.78 is 10.5. The quantitative estimate of drug-likeness (QED) is 0.671. The Morgan fingerprint density at radius 1 is 0.929 bits per heavy atom. The van der Waals surface area contributed by atoms with Crippen LogP contribution >= 0.6 is 0 Å². The van der Waals surface area contributed by atoms with Crippen LogP contribution < -0.4 is 20.1 Å². The summed E-state index contributed by atoms with van der Waals surface area (Å²) in [5.74, 6) is 1.12. The van der Waals surface area contributed by atoms with E-state index in [4.69, 9.17) is 9.47 Å². The second kappa shape index (κ2) is 8.39. The zero-order chi connectivity index (χ0) is 20.1. The predicted octanol–water partition coefficient (Wildman–Crippen LogP) is 4.11. The topological polar surface area (TPSA) is 85.4 Å². The number of amides is 1. The lowest BCUT2D eigenvalue weighted by Gasteiger charge is -2.13. The van der Waals surface area contributed by atoms with Crippen molar-refractivity contribution in [1.29, 1.82) is 0 Å². The normalized spacial score (nSPS) is 10.3. The average Bonchev–Trinajstić information content (AvgIpc) is 2.69. The first-order chi connectivity index (χ1) is 13.5.